The van der Waals surface area contributed by atoms with Crippen LogP contribution in [0.15, 0.2) is 42.7 Å². The Morgan fingerprint density at radius 1 is 1.14 bits per heavy atom. The van der Waals surface area contributed by atoms with Crippen molar-refractivity contribution >= 4 is 28.4 Å². The first-order valence-corrected chi connectivity index (χ1v) is 7.45. The molecule has 5 nitrogen and oxygen atoms in total. The van der Waals surface area contributed by atoms with Crippen LogP contribution in [0.3, 0.4) is 0 Å². The summed E-state index contributed by atoms with van der Waals surface area (Å²) in [6.45, 7) is 5.04. The minimum Gasteiger partial charge on any atom is -0.370 e. The highest BCUT2D eigenvalue weighted by molar-refractivity contribution is 5.82. The Balaban J connectivity index is 1.84. The summed E-state index contributed by atoms with van der Waals surface area (Å²) in [6.07, 6.45) is 4.68. The zero-order valence-corrected chi connectivity index (χ0v) is 12.8. The topological polar surface area (TPSA) is 62.7 Å². The lowest BCUT2D eigenvalue weighted by molar-refractivity contribution is 0.960. The molecule has 0 aliphatic carbocycles. The van der Waals surface area contributed by atoms with Gasteiger partial charge in [0.05, 0.1) is 5.52 Å². The molecule has 0 amide bonds. The largest absolute Gasteiger partial charge is 0.370 e. The first kappa shape index (κ1) is 14.3. The van der Waals surface area contributed by atoms with E-state index in [1.54, 1.807) is 6.20 Å². The first-order valence-electron chi connectivity index (χ1n) is 7.45. The fourth-order valence-corrected chi connectivity index (χ4v) is 2.21. The van der Waals surface area contributed by atoms with Gasteiger partial charge in [-0.2, -0.15) is 4.98 Å². The number of benzene rings is 1. The molecule has 0 unspecified atom stereocenters. The van der Waals surface area contributed by atoms with Crippen LogP contribution in [0, 0.1) is 6.92 Å². The fraction of sp³-hybridized carbons (Fsp3) is 0.235. The van der Waals surface area contributed by atoms with Crippen LogP contribution in [0.25, 0.3) is 10.9 Å². The summed E-state index contributed by atoms with van der Waals surface area (Å²) < 4.78 is 0. The second kappa shape index (κ2) is 6.39. The molecule has 5 heteroatoms. The van der Waals surface area contributed by atoms with E-state index in [2.05, 4.69) is 32.5 Å². The highest BCUT2D eigenvalue weighted by Gasteiger charge is 2.04. The molecule has 0 saturated carbocycles. The van der Waals surface area contributed by atoms with Gasteiger partial charge in [0.1, 0.15) is 5.82 Å². The molecule has 0 radical (unpaired) electrons. The van der Waals surface area contributed by atoms with Gasteiger partial charge in [-0.25, -0.2) is 4.98 Å². The Morgan fingerprint density at radius 2 is 2.05 bits per heavy atom. The summed E-state index contributed by atoms with van der Waals surface area (Å²) in [6, 6.07) is 9.99. The minimum absolute atomic E-state index is 0.590. The van der Waals surface area contributed by atoms with Gasteiger partial charge >= 0.3 is 0 Å². The molecule has 0 saturated heterocycles. The Hall–Kier alpha value is -2.69. The van der Waals surface area contributed by atoms with Crippen LogP contribution in [0.5, 0.6) is 0 Å². The van der Waals surface area contributed by atoms with Crippen molar-refractivity contribution in [3.05, 3.63) is 48.3 Å². The summed E-state index contributed by atoms with van der Waals surface area (Å²) >= 11 is 0. The number of pyridine rings is 1. The first-order chi connectivity index (χ1) is 10.8. The molecule has 22 heavy (non-hydrogen) atoms. The predicted molar refractivity (Wildman–Crippen MR) is 90.6 cm³/mol. The summed E-state index contributed by atoms with van der Waals surface area (Å²) in [5.41, 5.74) is 2.97. The fourth-order valence-electron chi connectivity index (χ4n) is 2.21. The number of rotatable bonds is 5. The van der Waals surface area contributed by atoms with Crippen molar-refractivity contribution in [1.29, 1.82) is 0 Å². The highest BCUT2D eigenvalue weighted by atomic mass is 15.1. The van der Waals surface area contributed by atoms with E-state index in [0.717, 1.165) is 40.9 Å². The molecule has 2 heterocycles. The van der Waals surface area contributed by atoms with E-state index in [-0.39, 0.29) is 0 Å². The van der Waals surface area contributed by atoms with Gasteiger partial charge < -0.3 is 10.6 Å². The third-order valence-electron chi connectivity index (χ3n) is 3.37. The Kier molecular flexibility index (Phi) is 4.14. The number of anilines is 3. The van der Waals surface area contributed by atoms with Crippen molar-refractivity contribution in [2.45, 2.75) is 20.3 Å². The van der Waals surface area contributed by atoms with E-state index in [1.165, 1.54) is 0 Å². The Morgan fingerprint density at radius 3 is 2.91 bits per heavy atom. The number of nitrogens with zero attached hydrogens (tertiary/aromatic N) is 3. The maximum Gasteiger partial charge on any atom is 0.229 e. The van der Waals surface area contributed by atoms with Gasteiger partial charge in [-0.3, -0.25) is 4.98 Å². The van der Waals surface area contributed by atoms with Crippen LogP contribution in [-0.2, 0) is 0 Å². The van der Waals surface area contributed by atoms with Gasteiger partial charge in [0.2, 0.25) is 5.95 Å². The summed E-state index contributed by atoms with van der Waals surface area (Å²) in [4.78, 5) is 13.2. The van der Waals surface area contributed by atoms with E-state index >= 15 is 0 Å². The van der Waals surface area contributed by atoms with Crippen molar-refractivity contribution in [3.63, 3.8) is 0 Å². The summed E-state index contributed by atoms with van der Waals surface area (Å²) in [7, 11) is 0. The van der Waals surface area contributed by atoms with Crippen molar-refractivity contribution in [1.82, 2.24) is 15.0 Å². The quantitative estimate of drug-likeness (QED) is 0.747. The zero-order valence-electron chi connectivity index (χ0n) is 12.8. The van der Waals surface area contributed by atoms with Crippen LogP contribution in [0.4, 0.5) is 17.5 Å². The average molecular weight is 293 g/mol. The van der Waals surface area contributed by atoms with Crippen molar-refractivity contribution < 1.29 is 0 Å². The van der Waals surface area contributed by atoms with Crippen LogP contribution >= 0.6 is 0 Å². The molecule has 2 aromatic heterocycles. The maximum atomic E-state index is 4.54. The standard InChI is InChI=1S/C17H19N5/c1-3-8-19-16-12(2)11-20-17(22-16)21-14-6-7-15-13(10-14)5-4-9-18-15/h4-7,9-11H,3,8H2,1-2H3,(H2,19,20,21,22). The van der Waals surface area contributed by atoms with Crippen LogP contribution in [-0.4, -0.2) is 21.5 Å². The van der Waals surface area contributed by atoms with Crippen LogP contribution in [0.2, 0.25) is 0 Å². The normalized spacial score (nSPS) is 10.6. The molecular weight excluding hydrogens is 274 g/mol. The van der Waals surface area contributed by atoms with Crippen molar-refractivity contribution in [2.75, 3.05) is 17.2 Å². The molecule has 0 aliphatic rings. The number of aryl methyl sites for hydroxylation is 1. The van der Waals surface area contributed by atoms with E-state index in [1.807, 2.05) is 43.5 Å². The Labute approximate surface area is 129 Å². The summed E-state index contributed by atoms with van der Waals surface area (Å²) in [5.74, 6) is 1.47. The number of aromatic nitrogens is 3. The number of fused-ring (bicyclic) bond motifs is 1. The zero-order chi connectivity index (χ0) is 15.4. The SMILES string of the molecule is CCCNc1nc(Nc2ccc3ncccc3c2)ncc1C. The molecule has 1 aromatic carbocycles. The van der Waals surface area contributed by atoms with Gasteiger partial charge in [0.15, 0.2) is 0 Å². The smallest absolute Gasteiger partial charge is 0.229 e. The van der Waals surface area contributed by atoms with E-state index in [4.69, 9.17) is 0 Å². The van der Waals surface area contributed by atoms with Crippen molar-refractivity contribution in [2.24, 2.45) is 0 Å². The van der Waals surface area contributed by atoms with Crippen molar-refractivity contribution in [3.8, 4) is 0 Å². The highest BCUT2D eigenvalue weighted by Crippen LogP contribution is 2.20. The molecule has 0 aliphatic heterocycles. The number of nitrogens with one attached hydrogen (secondary N) is 2. The molecule has 0 atom stereocenters. The van der Waals surface area contributed by atoms with E-state index in [0.29, 0.717) is 5.95 Å². The molecule has 0 spiro atoms. The molecule has 0 bridgehead atoms. The molecular formula is C17H19N5. The van der Waals surface area contributed by atoms with E-state index in [9.17, 15) is 0 Å². The van der Waals surface area contributed by atoms with Crippen LogP contribution in [0.1, 0.15) is 18.9 Å². The second-order valence-corrected chi connectivity index (χ2v) is 5.19. The van der Waals surface area contributed by atoms with E-state index < -0.39 is 0 Å². The lowest BCUT2D eigenvalue weighted by atomic mass is 10.2. The monoisotopic (exact) mass is 293 g/mol. The molecule has 3 rings (SSSR count). The minimum atomic E-state index is 0.590. The van der Waals surface area contributed by atoms with Gasteiger partial charge in [0.25, 0.3) is 0 Å². The predicted octanol–water partition coefficient (Wildman–Crippen LogP) is 3.90. The average Bonchev–Trinajstić information content (AvgIpc) is 2.55. The summed E-state index contributed by atoms with van der Waals surface area (Å²) in [5, 5.41) is 7.65. The molecule has 3 aromatic rings. The van der Waals surface area contributed by atoms with Gasteiger partial charge in [-0.1, -0.05) is 13.0 Å². The Bertz CT molecular complexity index is 785. The number of hydrogen-bond donors (Lipinski definition) is 2. The van der Waals surface area contributed by atoms with Gasteiger partial charge in [-0.15, -0.1) is 0 Å². The van der Waals surface area contributed by atoms with Gasteiger partial charge in [-0.05, 0) is 37.6 Å². The van der Waals surface area contributed by atoms with Gasteiger partial charge in [0, 0.05) is 35.6 Å². The molecule has 112 valence electrons. The van der Waals surface area contributed by atoms with Crippen LogP contribution < -0.4 is 10.6 Å². The lowest BCUT2D eigenvalue weighted by Crippen LogP contribution is -2.06. The third kappa shape index (κ3) is 3.14. The second-order valence-electron chi connectivity index (χ2n) is 5.19. The molecule has 2 N–H and O–H groups in total. The maximum absolute atomic E-state index is 4.54. The number of hydrogen-bond acceptors (Lipinski definition) is 5. The molecule has 0 fully saturated rings. The third-order valence-corrected chi connectivity index (χ3v) is 3.37. The lowest BCUT2D eigenvalue weighted by Gasteiger charge is -2.10.